The van der Waals surface area contributed by atoms with Gasteiger partial charge in [0.25, 0.3) is 0 Å². The lowest BCUT2D eigenvalue weighted by atomic mass is 10.1. The molecule has 0 saturated carbocycles. The standard InChI is InChI=1S/C16H13FN2/c1-18-14-10-12-8-5-9-13(17)15(12)19-16(14)11-6-3-2-4-7-11/h2-10,18H,1H3. The maximum Gasteiger partial charge on any atom is 0.149 e. The summed E-state index contributed by atoms with van der Waals surface area (Å²) in [5.74, 6) is -0.294. The van der Waals surface area contributed by atoms with Gasteiger partial charge in [-0.1, -0.05) is 42.5 Å². The topological polar surface area (TPSA) is 24.9 Å². The van der Waals surface area contributed by atoms with Gasteiger partial charge in [-0.3, -0.25) is 0 Å². The smallest absolute Gasteiger partial charge is 0.149 e. The molecular weight excluding hydrogens is 239 g/mol. The van der Waals surface area contributed by atoms with Crippen molar-refractivity contribution in [1.82, 2.24) is 4.98 Å². The van der Waals surface area contributed by atoms with E-state index in [-0.39, 0.29) is 5.82 Å². The summed E-state index contributed by atoms with van der Waals surface area (Å²) in [7, 11) is 1.84. The number of nitrogens with one attached hydrogen (secondary N) is 1. The maximum atomic E-state index is 13.8. The van der Waals surface area contributed by atoms with Gasteiger partial charge in [-0.05, 0) is 12.1 Å². The van der Waals surface area contributed by atoms with E-state index in [1.165, 1.54) is 6.07 Å². The van der Waals surface area contributed by atoms with Gasteiger partial charge in [0, 0.05) is 18.0 Å². The molecule has 2 nitrogen and oxygen atoms in total. The fourth-order valence-corrected chi connectivity index (χ4v) is 2.17. The Morgan fingerprint density at radius 2 is 1.79 bits per heavy atom. The molecular formula is C16H13FN2. The number of halogens is 1. The number of nitrogens with zero attached hydrogens (tertiary/aromatic N) is 1. The van der Waals surface area contributed by atoms with Gasteiger partial charge in [0.1, 0.15) is 11.3 Å². The van der Waals surface area contributed by atoms with Crippen LogP contribution in [0.15, 0.2) is 54.6 Å². The first kappa shape index (κ1) is 11.7. The van der Waals surface area contributed by atoms with Crippen molar-refractivity contribution < 1.29 is 4.39 Å². The van der Waals surface area contributed by atoms with Crippen LogP contribution in [0.2, 0.25) is 0 Å². The molecule has 94 valence electrons. The summed E-state index contributed by atoms with van der Waals surface area (Å²) < 4.78 is 13.8. The van der Waals surface area contributed by atoms with Crippen LogP contribution < -0.4 is 5.32 Å². The molecule has 1 N–H and O–H groups in total. The van der Waals surface area contributed by atoms with Crippen LogP contribution in [-0.4, -0.2) is 12.0 Å². The first-order chi connectivity index (χ1) is 9.29. The predicted molar refractivity (Wildman–Crippen MR) is 76.7 cm³/mol. The molecule has 0 unspecified atom stereocenters. The van der Waals surface area contributed by atoms with E-state index < -0.39 is 0 Å². The van der Waals surface area contributed by atoms with Crippen molar-refractivity contribution in [3.05, 3.63) is 60.4 Å². The predicted octanol–water partition coefficient (Wildman–Crippen LogP) is 4.08. The maximum absolute atomic E-state index is 13.8. The largest absolute Gasteiger partial charge is 0.386 e. The molecule has 0 radical (unpaired) electrons. The Labute approximate surface area is 110 Å². The van der Waals surface area contributed by atoms with E-state index in [1.54, 1.807) is 6.07 Å². The lowest BCUT2D eigenvalue weighted by molar-refractivity contribution is 0.637. The van der Waals surface area contributed by atoms with E-state index in [0.717, 1.165) is 22.3 Å². The summed E-state index contributed by atoms with van der Waals surface area (Å²) in [6.45, 7) is 0. The Kier molecular flexibility index (Phi) is 2.88. The average molecular weight is 252 g/mol. The molecule has 0 spiro atoms. The molecule has 0 bridgehead atoms. The summed E-state index contributed by atoms with van der Waals surface area (Å²) in [5.41, 5.74) is 3.03. The summed E-state index contributed by atoms with van der Waals surface area (Å²) in [6.07, 6.45) is 0. The van der Waals surface area contributed by atoms with Crippen molar-refractivity contribution in [1.29, 1.82) is 0 Å². The van der Waals surface area contributed by atoms with Crippen LogP contribution >= 0.6 is 0 Å². The number of fused-ring (bicyclic) bond motifs is 1. The number of aromatic nitrogens is 1. The Balaban J connectivity index is 2.32. The SMILES string of the molecule is CNc1cc2cccc(F)c2nc1-c1ccccc1. The lowest BCUT2D eigenvalue weighted by Crippen LogP contribution is -1.96. The molecule has 0 aliphatic carbocycles. The molecule has 1 heterocycles. The second-order valence-electron chi connectivity index (χ2n) is 4.31. The number of hydrogen-bond donors (Lipinski definition) is 1. The van der Waals surface area contributed by atoms with Crippen molar-refractivity contribution in [2.45, 2.75) is 0 Å². The van der Waals surface area contributed by atoms with Crippen LogP contribution in [-0.2, 0) is 0 Å². The molecule has 3 aromatic rings. The van der Waals surface area contributed by atoms with Crippen molar-refractivity contribution >= 4 is 16.6 Å². The molecule has 3 rings (SSSR count). The van der Waals surface area contributed by atoms with Crippen LogP contribution in [0.4, 0.5) is 10.1 Å². The first-order valence-electron chi connectivity index (χ1n) is 6.12. The summed E-state index contributed by atoms with van der Waals surface area (Å²) in [4.78, 5) is 4.48. The number of hydrogen-bond acceptors (Lipinski definition) is 2. The summed E-state index contributed by atoms with van der Waals surface area (Å²) in [5, 5.41) is 3.92. The zero-order chi connectivity index (χ0) is 13.2. The number of rotatable bonds is 2. The van der Waals surface area contributed by atoms with Gasteiger partial charge in [0.15, 0.2) is 0 Å². The molecule has 0 atom stereocenters. The molecule has 1 aromatic heterocycles. The van der Waals surface area contributed by atoms with Crippen molar-refractivity contribution in [2.24, 2.45) is 0 Å². The van der Waals surface area contributed by atoms with Crippen molar-refractivity contribution in [3.8, 4) is 11.3 Å². The Morgan fingerprint density at radius 3 is 2.53 bits per heavy atom. The van der Waals surface area contributed by atoms with E-state index in [9.17, 15) is 4.39 Å². The number of pyridine rings is 1. The van der Waals surface area contributed by atoms with Crippen molar-refractivity contribution in [3.63, 3.8) is 0 Å². The minimum atomic E-state index is -0.294. The summed E-state index contributed by atoms with van der Waals surface area (Å²) >= 11 is 0. The Hall–Kier alpha value is -2.42. The Bertz CT molecular complexity index is 723. The van der Waals surface area contributed by atoms with Gasteiger partial charge in [0.2, 0.25) is 0 Å². The molecule has 19 heavy (non-hydrogen) atoms. The molecule has 0 saturated heterocycles. The number of para-hydroxylation sites is 1. The molecule has 0 amide bonds. The third-order valence-electron chi connectivity index (χ3n) is 3.11. The second kappa shape index (κ2) is 4.69. The van der Waals surface area contributed by atoms with E-state index in [2.05, 4.69) is 10.3 Å². The molecule has 3 heteroatoms. The first-order valence-corrected chi connectivity index (χ1v) is 6.12. The number of anilines is 1. The quantitative estimate of drug-likeness (QED) is 0.743. The highest BCUT2D eigenvalue weighted by Crippen LogP contribution is 2.30. The van der Waals surface area contributed by atoms with Crippen LogP contribution in [0.25, 0.3) is 22.2 Å². The van der Waals surface area contributed by atoms with Gasteiger partial charge in [-0.15, -0.1) is 0 Å². The third kappa shape index (κ3) is 2.03. The minimum absolute atomic E-state index is 0.294. The fraction of sp³-hybridized carbons (Fsp3) is 0.0625. The van der Waals surface area contributed by atoms with E-state index in [0.29, 0.717) is 5.52 Å². The van der Waals surface area contributed by atoms with Gasteiger partial charge in [-0.25, -0.2) is 9.37 Å². The van der Waals surface area contributed by atoms with E-state index >= 15 is 0 Å². The van der Waals surface area contributed by atoms with Gasteiger partial charge < -0.3 is 5.32 Å². The van der Waals surface area contributed by atoms with Crippen LogP contribution in [0.1, 0.15) is 0 Å². The third-order valence-corrected chi connectivity index (χ3v) is 3.11. The molecule has 0 aliphatic heterocycles. The Morgan fingerprint density at radius 1 is 1.00 bits per heavy atom. The highest BCUT2D eigenvalue weighted by molar-refractivity contribution is 5.89. The van der Waals surface area contributed by atoms with E-state index in [1.807, 2.05) is 49.5 Å². The lowest BCUT2D eigenvalue weighted by Gasteiger charge is -2.10. The summed E-state index contributed by atoms with van der Waals surface area (Å²) in [6, 6.07) is 16.7. The van der Waals surface area contributed by atoms with Crippen LogP contribution in [0.3, 0.4) is 0 Å². The molecule has 0 fully saturated rings. The highest BCUT2D eigenvalue weighted by Gasteiger charge is 2.10. The van der Waals surface area contributed by atoms with Crippen LogP contribution in [0, 0.1) is 5.82 Å². The molecule has 0 aliphatic rings. The number of benzene rings is 2. The normalized spacial score (nSPS) is 10.6. The fourth-order valence-electron chi connectivity index (χ4n) is 2.17. The zero-order valence-electron chi connectivity index (χ0n) is 10.5. The van der Waals surface area contributed by atoms with Crippen molar-refractivity contribution in [2.75, 3.05) is 12.4 Å². The monoisotopic (exact) mass is 252 g/mol. The van der Waals surface area contributed by atoms with E-state index in [4.69, 9.17) is 0 Å². The zero-order valence-corrected chi connectivity index (χ0v) is 10.5. The minimum Gasteiger partial charge on any atom is -0.386 e. The van der Waals surface area contributed by atoms with Gasteiger partial charge in [0.05, 0.1) is 11.4 Å². The molecule has 2 aromatic carbocycles. The van der Waals surface area contributed by atoms with Gasteiger partial charge in [-0.2, -0.15) is 0 Å². The van der Waals surface area contributed by atoms with Crippen LogP contribution in [0.5, 0.6) is 0 Å². The van der Waals surface area contributed by atoms with Gasteiger partial charge >= 0.3 is 0 Å². The second-order valence-corrected chi connectivity index (χ2v) is 4.31. The highest BCUT2D eigenvalue weighted by atomic mass is 19.1. The average Bonchev–Trinajstić information content (AvgIpc) is 2.47.